The van der Waals surface area contributed by atoms with Crippen LogP contribution in [0, 0.1) is 5.92 Å². The number of rotatable bonds is 5. The Morgan fingerprint density at radius 3 is 2.90 bits per heavy atom. The van der Waals surface area contributed by atoms with E-state index < -0.39 is 0 Å². The predicted molar refractivity (Wildman–Crippen MR) is 77.0 cm³/mol. The first kappa shape index (κ1) is 12.9. The molecule has 0 unspecified atom stereocenters. The highest BCUT2D eigenvalue weighted by molar-refractivity contribution is 5.82. The highest BCUT2D eigenvalue weighted by Gasteiger charge is 2.43. The minimum absolute atomic E-state index is 0.135. The Kier molecular flexibility index (Phi) is 3.54. The molecule has 1 aliphatic rings. The van der Waals surface area contributed by atoms with E-state index in [1.54, 1.807) is 6.20 Å². The van der Waals surface area contributed by atoms with Crippen LogP contribution in [0.4, 0.5) is 0 Å². The van der Waals surface area contributed by atoms with Crippen molar-refractivity contribution < 1.29 is 4.79 Å². The van der Waals surface area contributed by atoms with E-state index in [4.69, 9.17) is 0 Å². The topological polar surface area (TPSA) is 46.9 Å². The number of hydrogen-bond acceptors (Lipinski definition) is 2. The average molecular weight is 269 g/mol. The van der Waals surface area contributed by atoms with Crippen molar-refractivity contribution in [1.82, 2.24) is 15.1 Å². The summed E-state index contributed by atoms with van der Waals surface area (Å²) in [6, 6.07) is 12.2. The molecule has 1 N–H and O–H groups in total. The van der Waals surface area contributed by atoms with E-state index in [2.05, 4.69) is 22.5 Å². The van der Waals surface area contributed by atoms with Gasteiger partial charge in [0, 0.05) is 18.7 Å². The van der Waals surface area contributed by atoms with E-state index in [1.807, 2.05) is 35.9 Å². The van der Waals surface area contributed by atoms with E-state index in [-0.39, 0.29) is 11.8 Å². The molecule has 1 heterocycles. The lowest BCUT2D eigenvalue weighted by Crippen LogP contribution is -2.26. The molecule has 104 valence electrons. The van der Waals surface area contributed by atoms with Gasteiger partial charge in [0.1, 0.15) is 0 Å². The van der Waals surface area contributed by atoms with Crippen LogP contribution < -0.4 is 5.32 Å². The molecule has 2 aromatic rings. The molecule has 2 atom stereocenters. The van der Waals surface area contributed by atoms with Gasteiger partial charge >= 0.3 is 0 Å². The Bertz CT molecular complexity index is 591. The number of carbonyl (C=O) groups is 1. The van der Waals surface area contributed by atoms with Crippen molar-refractivity contribution >= 4 is 5.91 Å². The van der Waals surface area contributed by atoms with Crippen LogP contribution in [-0.2, 0) is 17.9 Å². The number of benzene rings is 1. The minimum Gasteiger partial charge on any atom is -0.350 e. The number of aromatic nitrogens is 2. The number of amides is 1. The van der Waals surface area contributed by atoms with Gasteiger partial charge in [-0.2, -0.15) is 5.10 Å². The van der Waals surface area contributed by atoms with Crippen LogP contribution in [0.25, 0.3) is 0 Å². The van der Waals surface area contributed by atoms with Crippen molar-refractivity contribution in [2.24, 2.45) is 5.92 Å². The molecule has 0 spiro atoms. The number of nitrogens with one attached hydrogen (secondary N) is 1. The number of hydrogen-bond donors (Lipinski definition) is 1. The molecule has 4 nitrogen and oxygen atoms in total. The Labute approximate surface area is 118 Å². The second-order valence-electron chi connectivity index (χ2n) is 5.22. The van der Waals surface area contributed by atoms with Gasteiger partial charge in [-0.25, -0.2) is 0 Å². The molecule has 0 radical (unpaired) electrons. The number of carbonyl (C=O) groups excluding carboxylic acids is 1. The molecule has 1 aromatic carbocycles. The molecule has 0 aliphatic heterocycles. The molecule has 0 bridgehead atoms. The van der Waals surface area contributed by atoms with Gasteiger partial charge in [-0.1, -0.05) is 30.3 Å². The van der Waals surface area contributed by atoms with Crippen molar-refractivity contribution in [2.45, 2.75) is 32.4 Å². The second-order valence-corrected chi connectivity index (χ2v) is 5.22. The Hall–Kier alpha value is -2.10. The summed E-state index contributed by atoms with van der Waals surface area (Å²) in [5.41, 5.74) is 2.32. The summed E-state index contributed by atoms with van der Waals surface area (Å²) in [7, 11) is 0. The van der Waals surface area contributed by atoms with E-state index in [1.165, 1.54) is 5.56 Å². The molecule has 4 heteroatoms. The molecule has 1 amide bonds. The standard InChI is InChI=1S/C16H19N3O/c1-2-19-13(8-9-18-19)11-17-16(20)15-10-14(15)12-6-4-3-5-7-12/h3-9,14-15H,2,10-11H2,1H3,(H,17,20)/t14-,15-/m1/s1. The van der Waals surface area contributed by atoms with E-state index in [9.17, 15) is 4.79 Å². The summed E-state index contributed by atoms with van der Waals surface area (Å²) >= 11 is 0. The van der Waals surface area contributed by atoms with Gasteiger partial charge in [0.05, 0.1) is 12.2 Å². The molecular formula is C16H19N3O. The van der Waals surface area contributed by atoms with Gasteiger partial charge in [0.25, 0.3) is 0 Å². The first-order chi connectivity index (χ1) is 9.79. The third kappa shape index (κ3) is 2.59. The van der Waals surface area contributed by atoms with Crippen LogP contribution in [0.1, 0.15) is 30.5 Å². The first-order valence-corrected chi connectivity index (χ1v) is 7.13. The zero-order valence-electron chi connectivity index (χ0n) is 11.6. The van der Waals surface area contributed by atoms with Crippen molar-refractivity contribution in [3.63, 3.8) is 0 Å². The lowest BCUT2D eigenvalue weighted by Gasteiger charge is -2.07. The summed E-state index contributed by atoms with van der Waals surface area (Å²) in [5.74, 6) is 0.686. The quantitative estimate of drug-likeness (QED) is 0.905. The minimum atomic E-state index is 0.135. The Morgan fingerprint density at radius 1 is 1.35 bits per heavy atom. The third-order valence-corrected chi connectivity index (χ3v) is 3.90. The van der Waals surface area contributed by atoms with Crippen molar-refractivity contribution in [3.8, 4) is 0 Å². The largest absolute Gasteiger partial charge is 0.350 e. The van der Waals surface area contributed by atoms with Gasteiger partial charge in [0.15, 0.2) is 0 Å². The molecular weight excluding hydrogens is 250 g/mol. The highest BCUT2D eigenvalue weighted by Crippen LogP contribution is 2.47. The van der Waals surface area contributed by atoms with Crippen molar-refractivity contribution in [2.75, 3.05) is 0 Å². The smallest absolute Gasteiger partial charge is 0.224 e. The fraction of sp³-hybridized carbons (Fsp3) is 0.375. The number of nitrogens with zero attached hydrogens (tertiary/aromatic N) is 2. The van der Waals surface area contributed by atoms with Crippen LogP contribution in [0.15, 0.2) is 42.6 Å². The molecule has 1 fully saturated rings. The average Bonchev–Trinajstić information content (AvgIpc) is 3.17. The lowest BCUT2D eigenvalue weighted by atomic mass is 10.1. The Morgan fingerprint density at radius 2 is 2.15 bits per heavy atom. The molecule has 1 aromatic heterocycles. The molecule has 0 saturated heterocycles. The number of aryl methyl sites for hydroxylation is 1. The van der Waals surface area contributed by atoms with Gasteiger partial charge in [0.2, 0.25) is 5.91 Å². The summed E-state index contributed by atoms with van der Waals surface area (Å²) in [6.07, 6.45) is 2.73. The van der Waals surface area contributed by atoms with Gasteiger partial charge < -0.3 is 5.32 Å². The second kappa shape index (κ2) is 5.49. The zero-order chi connectivity index (χ0) is 13.9. The van der Waals surface area contributed by atoms with Crippen LogP contribution >= 0.6 is 0 Å². The van der Waals surface area contributed by atoms with E-state index >= 15 is 0 Å². The van der Waals surface area contributed by atoms with Crippen LogP contribution in [0.3, 0.4) is 0 Å². The normalized spacial score (nSPS) is 20.6. The zero-order valence-corrected chi connectivity index (χ0v) is 11.6. The summed E-state index contributed by atoms with van der Waals surface area (Å²) in [5, 5.41) is 7.22. The third-order valence-electron chi connectivity index (χ3n) is 3.90. The van der Waals surface area contributed by atoms with Gasteiger partial charge in [-0.05, 0) is 30.9 Å². The van der Waals surface area contributed by atoms with Crippen molar-refractivity contribution in [3.05, 3.63) is 53.9 Å². The summed E-state index contributed by atoms with van der Waals surface area (Å²) in [4.78, 5) is 12.1. The highest BCUT2D eigenvalue weighted by atomic mass is 16.2. The fourth-order valence-corrected chi connectivity index (χ4v) is 2.66. The first-order valence-electron chi connectivity index (χ1n) is 7.13. The fourth-order valence-electron chi connectivity index (χ4n) is 2.66. The molecule has 1 aliphatic carbocycles. The van der Waals surface area contributed by atoms with Gasteiger partial charge in [-0.15, -0.1) is 0 Å². The van der Waals surface area contributed by atoms with E-state index in [0.717, 1.165) is 18.7 Å². The predicted octanol–water partition coefficient (Wildman–Crippen LogP) is 2.32. The summed E-state index contributed by atoms with van der Waals surface area (Å²) < 4.78 is 1.90. The van der Waals surface area contributed by atoms with Crippen LogP contribution in [0.5, 0.6) is 0 Å². The van der Waals surface area contributed by atoms with Crippen LogP contribution in [-0.4, -0.2) is 15.7 Å². The monoisotopic (exact) mass is 269 g/mol. The maximum atomic E-state index is 12.1. The van der Waals surface area contributed by atoms with Crippen LogP contribution in [0.2, 0.25) is 0 Å². The molecule has 3 rings (SSSR count). The molecule has 1 saturated carbocycles. The maximum absolute atomic E-state index is 12.1. The maximum Gasteiger partial charge on any atom is 0.224 e. The Balaban J connectivity index is 1.54. The van der Waals surface area contributed by atoms with Gasteiger partial charge in [-0.3, -0.25) is 9.48 Å². The summed E-state index contributed by atoms with van der Waals surface area (Å²) in [6.45, 7) is 3.43. The SMILES string of the molecule is CCn1nccc1CNC(=O)[C@@H]1C[C@@H]1c1ccccc1. The van der Waals surface area contributed by atoms with Crippen molar-refractivity contribution in [1.29, 1.82) is 0 Å². The molecule has 20 heavy (non-hydrogen) atoms. The lowest BCUT2D eigenvalue weighted by molar-refractivity contribution is -0.122. The van der Waals surface area contributed by atoms with E-state index in [0.29, 0.717) is 12.5 Å².